The molecule has 1 unspecified atom stereocenters. The summed E-state index contributed by atoms with van der Waals surface area (Å²) in [6.07, 6.45) is 2.25. The van der Waals surface area contributed by atoms with Crippen LogP contribution in [0.4, 0.5) is 0 Å². The standard InChI is InChI=1S/C17H17N3O2S/c1-23(22)13-8-6-12(7-9-13)17(21)18-11-10-16-19-14-4-2-3-5-15(14)20-16/h2-9H,10-11H2,1H3,(H,18,21)(H,19,20). The quantitative estimate of drug-likeness (QED) is 0.755. The van der Waals surface area contributed by atoms with Gasteiger partial charge in [0.25, 0.3) is 5.91 Å². The summed E-state index contributed by atoms with van der Waals surface area (Å²) in [7, 11) is -1.03. The number of hydrogen-bond acceptors (Lipinski definition) is 3. The normalized spacial score (nSPS) is 12.2. The minimum absolute atomic E-state index is 0.144. The molecule has 23 heavy (non-hydrogen) atoms. The summed E-state index contributed by atoms with van der Waals surface area (Å²) in [6, 6.07) is 14.6. The number of imidazole rings is 1. The highest BCUT2D eigenvalue weighted by Crippen LogP contribution is 2.10. The van der Waals surface area contributed by atoms with E-state index in [1.807, 2.05) is 24.3 Å². The average Bonchev–Trinajstić information content (AvgIpc) is 2.97. The first-order chi connectivity index (χ1) is 11.1. The summed E-state index contributed by atoms with van der Waals surface area (Å²) in [5.74, 6) is 0.706. The Morgan fingerprint density at radius 1 is 1.17 bits per heavy atom. The van der Waals surface area contributed by atoms with Crippen LogP contribution in [0.5, 0.6) is 0 Å². The summed E-state index contributed by atoms with van der Waals surface area (Å²) < 4.78 is 11.3. The Morgan fingerprint density at radius 2 is 1.91 bits per heavy atom. The minimum atomic E-state index is -1.03. The first kappa shape index (κ1) is 15.4. The maximum atomic E-state index is 12.1. The first-order valence-corrected chi connectivity index (χ1v) is 8.84. The molecule has 0 spiro atoms. The zero-order valence-corrected chi connectivity index (χ0v) is 13.5. The van der Waals surface area contributed by atoms with Crippen LogP contribution in [-0.2, 0) is 17.2 Å². The summed E-state index contributed by atoms with van der Waals surface area (Å²) in [4.78, 5) is 20.5. The van der Waals surface area contributed by atoms with Gasteiger partial charge in [-0.15, -0.1) is 0 Å². The van der Waals surface area contributed by atoms with Crippen LogP contribution in [0.2, 0.25) is 0 Å². The molecule has 0 bridgehead atoms. The van der Waals surface area contributed by atoms with Crippen molar-refractivity contribution in [2.45, 2.75) is 11.3 Å². The fourth-order valence-electron chi connectivity index (χ4n) is 2.32. The second-order valence-electron chi connectivity index (χ2n) is 5.19. The van der Waals surface area contributed by atoms with Gasteiger partial charge in [-0.1, -0.05) is 12.1 Å². The third kappa shape index (κ3) is 3.65. The maximum Gasteiger partial charge on any atom is 0.251 e. The molecule has 0 aliphatic carbocycles. The van der Waals surface area contributed by atoms with Gasteiger partial charge in [0.05, 0.1) is 11.0 Å². The second kappa shape index (κ2) is 6.75. The van der Waals surface area contributed by atoms with Crippen LogP contribution < -0.4 is 5.32 Å². The highest BCUT2D eigenvalue weighted by molar-refractivity contribution is 7.84. The Balaban J connectivity index is 1.57. The van der Waals surface area contributed by atoms with Gasteiger partial charge < -0.3 is 10.3 Å². The second-order valence-corrected chi connectivity index (χ2v) is 6.56. The Labute approximate surface area is 136 Å². The molecule has 0 saturated heterocycles. The predicted molar refractivity (Wildman–Crippen MR) is 90.9 cm³/mol. The summed E-state index contributed by atoms with van der Waals surface area (Å²) in [5, 5.41) is 2.87. The Morgan fingerprint density at radius 3 is 2.61 bits per heavy atom. The molecular formula is C17H17N3O2S. The third-order valence-electron chi connectivity index (χ3n) is 3.53. The average molecular weight is 327 g/mol. The van der Waals surface area contributed by atoms with Crippen LogP contribution >= 0.6 is 0 Å². The van der Waals surface area contributed by atoms with Crippen molar-refractivity contribution in [3.63, 3.8) is 0 Å². The highest BCUT2D eigenvalue weighted by Gasteiger charge is 2.07. The lowest BCUT2D eigenvalue weighted by atomic mass is 10.2. The van der Waals surface area contributed by atoms with E-state index in [0.29, 0.717) is 23.4 Å². The number of fused-ring (bicyclic) bond motifs is 1. The van der Waals surface area contributed by atoms with Crippen molar-refractivity contribution in [3.8, 4) is 0 Å². The minimum Gasteiger partial charge on any atom is -0.352 e. The van der Waals surface area contributed by atoms with Crippen LogP contribution in [0.15, 0.2) is 53.4 Å². The number of aromatic amines is 1. The van der Waals surface area contributed by atoms with Gasteiger partial charge in [-0.05, 0) is 36.4 Å². The van der Waals surface area contributed by atoms with Crippen molar-refractivity contribution in [1.29, 1.82) is 0 Å². The van der Waals surface area contributed by atoms with E-state index in [0.717, 1.165) is 16.9 Å². The molecule has 2 aromatic carbocycles. The van der Waals surface area contributed by atoms with Gasteiger partial charge in [0, 0.05) is 40.5 Å². The monoisotopic (exact) mass is 327 g/mol. The van der Waals surface area contributed by atoms with Crippen molar-refractivity contribution in [3.05, 3.63) is 59.9 Å². The molecule has 0 aliphatic heterocycles. The molecule has 6 heteroatoms. The van der Waals surface area contributed by atoms with Crippen molar-refractivity contribution in [2.75, 3.05) is 12.8 Å². The molecule has 1 heterocycles. The number of aromatic nitrogens is 2. The van der Waals surface area contributed by atoms with Gasteiger partial charge in [-0.3, -0.25) is 9.00 Å². The molecule has 1 aromatic heterocycles. The Hall–Kier alpha value is -2.47. The van der Waals surface area contributed by atoms with Gasteiger partial charge in [0.1, 0.15) is 5.82 Å². The largest absolute Gasteiger partial charge is 0.352 e. The molecule has 0 radical (unpaired) electrons. The number of nitrogens with zero attached hydrogens (tertiary/aromatic N) is 1. The van der Waals surface area contributed by atoms with Crippen LogP contribution in [0.25, 0.3) is 11.0 Å². The number of benzene rings is 2. The van der Waals surface area contributed by atoms with Crippen LogP contribution in [0, 0.1) is 0 Å². The first-order valence-electron chi connectivity index (χ1n) is 7.29. The molecule has 3 rings (SSSR count). The molecule has 5 nitrogen and oxygen atoms in total. The highest BCUT2D eigenvalue weighted by atomic mass is 32.2. The topological polar surface area (TPSA) is 74.8 Å². The number of amides is 1. The summed E-state index contributed by atoms with van der Waals surface area (Å²) in [6.45, 7) is 0.500. The van der Waals surface area contributed by atoms with Gasteiger partial charge in [0.2, 0.25) is 0 Å². The lowest BCUT2D eigenvalue weighted by Crippen LogP contribution is -2.25. The van der Waals surface area contributed by atoms with E-state index >= 15 is 0 Å². The number of carbonyl (C=O) groups is 1. The smallest absolute Gasteiger partial charge is 0.251 e. The third-order valence-corrected chi connectivity index (χ3v) is 4.47. The number of H-pyrrole nitrogens is 1. The molecule has 0 fully saturated rings. The van der Waals surface area contributed by atoms with Crippen molar-refractivity contribution in [2.24, 2.45) is 0 Å². The molecule has 0 saturated carbocycles. The van der Waals surface area contributed by atoms with Gasteiger partial charge in [-0.2, -0.15) is 0 Å². The SMILES string of the molecule is CS(=O)c1ccc(C(=O)NCCc2nc3ccccc3[nH]2)cc1. The molecule has 1 atom stereocenters. The van der Waals surface area contributed by atoms with Crippen molar-refractivity contribution >= 4 is 27.7 Å². The fourth-order valence-corrected chi connectivity index (χ4v) is 2.84. The van der Waals surface area contributed by atoms with Crippen molar-refractivity contribution < 1.29 is 9.00 Å². The van der Waals surface area contributed by atoms with E-state index in [9.17, 15) is 9.00 Å². The van der Waals surface area contributed by atoms with E-state index < -0.39 is 10.8 Å². The van der Waals surface area contributed by atoms with Crippen molar-refractivity contribution in [1.82, 2.24) is 15.3 Å². The number of hydrogen-bond donors (Lipinski definition) is 2. The predicted octanol–water partition coefficient (Wildman–Crippen LogP) is 2.27. The lowest BCUT2D eigenvalue weighted by Gasteiger charge is -2.04. The van der Waals surface area contributed by atoms with Crippen LogP contribution in [-0.4, -0.2) is 32.9 Å². The van der Waals surface area contributed by atoms with E-state index in [-0.39, 0.29) is 5.91 Å². The Bertz CT molecular complexity index is 823. The summed E-state index contributed by atoms with van der Waals surface area (Å²) >= 11 is 0. The van der Waals surface area contributed by atoms with Crippen LogP contribution in [0.3, 0.4) is 0 Å². The van der Waals surface area contributed by atoms with Crippen LogP contribution in [0.1, 0.15) is 16.2 Å². The molecule has 1 amide bonds. The number of para-hydroxylation sites is 2. The van der Waals surface area contributed by atoms with Gasteiger partial charge in [-0.25, -0.2) is 4.98 Å². The summed E-state index contributed by atoms with van der Waals surface area (Å²) in [5.41, 5.74) is 2.48. The number of nitrogens with one attached hydrogen (secondary N) is 2. The maximum absolute atomic E-state index is 12.1. The molecule has 3 aromatic rings. The van der Waals surface area contributed by atoms with E-state index in [1.54, 1.807) is 30.5 Å². The lowest BCUT2D eigenvalue weighted by molar-refractivity contribution is 0.0954. The van der Waals surface area contributed by atoms with E-state index in [4.69, 9.17) is 0 Å². The molecule has 2 N–H and O–H groups in total. The fraction of sp³-hybridized carbons (Fsp3) is 0.176. The zero-order chi connectivity index (χ0) is 16.2. The molecule has 0 aliphatic rings. The molecule has 118 valence electrons. The van der Waals surface area contributed by atoms with Gasteiger partial charge in [0.15, 0.2) is 0 Å². The number of rotatable bonds is 5. The molecular weight excluding hydrogens is 310 g/mol. The zero-order valence-electron chi connectivity index (χ0n) is 12.7. The Kier molecular flexibility index (Phi) is 4.52. The van der Waals surface area contributed by atoms with Gasteiger partial charge >= 0.3 is 0 Å². The van der Waals surface area contributed by atoms with E-state index in [2.05, 4.69) is 15.3 Å². The number of carbonyl (C=O) groups excluding carboxylic acids is 1. The van der Waals surface area contributed by atoms with E-state index in [1.165, 1.54) is 0 Å².